The molecule has 0 aliphatic heterocycles. The number of aromatic nitrogens is 1. The Kier molecular flexibility index (Phi) is 3.81. The summed E-state index contributed by atoms with van der Waals surface area (Å²) in [6.45, 7) is 6.56. The van der Waals surface area contributed by atoms with Crippen molar-refractivity contribution in [2.75, 3.05) is 6.26 Å². The minimum absolute atomic E-state index is 0.486. The van der Waals surface area contributed by atoms with Crippen LogP contribution < -0.4 is 0 Å². The van der Waals surface area contributed by atoms with Crippen LogP contribution in [0, 0.1) is 5.92 Å². The summed E-state index contributed by atoms with van der Waals surface area (Å²) >= 11 is 0. The zero-order valence-electron chi connectivity index (χ0n) is 9.15. The molecule has 0 N–H and O–H groups in total. The van der Waals surface area contributed by atoms with Gasteiger partial charge in [-0.25, -0.2) is 4.98 Å². The molecule has 1 aromatic heterocycles. The molecule has 0 saturated heterocycles. The Morgan fingerprint density at radius 3 is 2.50 bits per heavy atom. The Bertz CT molecular complexity index is 336. The first-order valence-electron chi connectivity index (χ1n) is 4.81. The lowest BCUT2D eigenvalue weighted by atomic mass is 9.91. The number of hydrogen-bond acceptors (Lipinski definition) is 2. The molecule has 0 aromatic carbocycles. The number of hydrogen-bond donors (Lipinski definition) is 0. The highest BCUT2D eigenvalue weighted by atomic mass is 32.2. The summed E-state index contributed by atoms with van der Waals surface area (Å²) in [5.74, 6) is 1.08. The van der Waals surface area contributed by atoms with Gasteiger partial charge >= 0.3 is 0 Å². The second kappa shape index (κ2) is 4.69. The molecule has 3 heteroatoms. The molecule has 1 heterocycles. The van der Waals surface area contributed by atoms with E-state index in [4.69, 9.17) is 0 Å². The molecule has 0 aliphatic rings. The summed E-state index contributed by atoms with van der Waals surface area (Å²) < 4.78 is 11.2. The van der Waals surface area contributed by atoms with Crippen molar-refractivity contribution in [3.8, 4) is 0 Å². The van der Waals surface area contributed by atoms with Crippen LogP contribution in [-0.2, 0) is 10.8 Å². The van der Waals surface area contributed by atoms with Crippen molar-refractivity contribution in [3.63, 3.8) is 0 Å². The second-order valence-electron chi connectivity index (χ2n) is 3.91. The van der Waals surface area contributed by atoms with E-state index >= 15 is 0 Å². The maximum atomic E-state index is 11.2. The van der Waals surface area contributed by atoms with Gasteiger partial charge in [0.2, 0.25) is 0 Å². The van der Waals surface area contributed by atoms with E-state index in [-0.39, 0.29) is 0 Å². The SMILES string of the molecule is CC(C)C(C)c1ccnc(S(C)=O)c1. The largest absolute Gasteiger partial charge is 0.253 e. The summed E-state index contributed by atoms with van der Waals surface area (Å²) in [5.41, 5.74) is 1.22. The van der Waals surface area contributed by atoms with Crippen LogP contribution in [0.5, 0.6) is 0 Å². The van der Waals surface area contributed by atoms with Gasteiger partial charge in [-0.15, -0.1) is 0 Å². The van der Waals surface area contributed by atoms with Crippen LogP contribution >= 0.6 is 0 Å². The molecule has 1 rings (SSSR count). The first-order chi connectivity index (χ1) is 6.52. The van der Waals surface area contributed by atoms with Crippen LogP contribution in [0.1, 0.15) is 32.3 Å². The molecule has 1 aromatic rings. The third kappa shape index (κ3) is 2.64. The maximum absolute atomic E-state index is 11.2. The van der Waals surface area contributed by atoms with Crippen LogP contribution in [0.4, 0.5) is 0 Å². The van der Waals surface area contributed by atoms with Crippen molar-refractivity contribution in [3.05, 3.63) is 23.9 Å². The normalized spacial score (nSPS) is 15.5. The van der Waals surface area contributed by atoms with Crippen LogP contribution in [0.3, 0.4) is 0 Å². The summed E-state index contributed by atoms with van der Waals surface area (Å²) in [6.07, 6.45) is 3.40. The van der Waals surface area contributed by atoms with Gasteiger partial charge in [0.1, 0.15) is 5.03 Å². The van der Waals surface area contributed by atoms with E-state index in [1.807, 2.05) is 12.1 Å². The Morgan fingerprint density at radius 1 is 1.36 bits per heavy atom. The van der Waals surface area contributed by atoms with Gasteiger partial charge in [-0.1, -0.05) is 20.8 Å². The zero-order chi connectivity index (χ0) is 10.7. The summed E-state index contributed by atoms with van der Waals surface area (Å²) in [6, 6.07) is 3.95. The lowest BCUT2D eigenvalue weighted by Gasteiger charge is -2.15. The van der Waals surface area contributed by atoms with E-state index < -0.39 is 10.8 Å². The average Bonchev–Trinajstić information content (AvgIpc) is 2.16. The van der Waals surface area contributed by atoms with Gasteiger partial charge in [-0.3, -0.25) is 4.21 Å². The van der Waals surface area contributed by atoms with Crippen molar-refractivity contribution in [2.24, 2.45) is 5.92 Å². The Balaban J connectivity index is 2.99. The Labute approximate surface area is 88.2 Å². The van der Waals surface area contributed by atoms with Gasteiger partial charge in [-0.05, 0) is 29.5 Å². The van der Waals surface area contributed by atoms with Gasteiger partial charge in [-0.2, -0.15) is 0 Å². The minimum Gasteiger partial charge on any atom is -0.253 e. The topological polar surface area (TPSA) is 30.0 Å². The van der Waals surface area contributed by atoms with Crippen molar-refractivity contribution >= 4 is 10.8 Å². The molecule has 2 unspecified atom stereocenters. The van der Waals surface area contributed by atoms with Crippen molar-refractivity contribution < 1.29 is 4.21 Å². The molecule has 0 fully saturated rings. The predicted octanol–water partition coefficient (Wildman–Crippen LogP) is 2.58. The van der Waals surface area contributed by atoms with Gasteiger partial charge < -0.3 is 0 Å². The molecule has 0 amide bonds. The van der Waals surface area contributed by atoms with Crippen molar-refractivity contribution in [1.82, 2.24) is 4.98 Å². The molecule has 14 heavy (non-hydrogen) atoms. The van der Waals surface area contributed by atoms with E-state index in [1.54, 1.807) is 12.5 Å². The van der Waals surface area contributed by atoms with E-state index in [0.29, 0.717) is 16.9 Å². The lowest BCUT2D eigenvalue weighted by molar-refractivity contribution is 0.533. The van der Waals surface area contributed by atoms with E-state index in [9.17, 15) is 4.21 Å². The molecule has 0 aliphatic carbocycles. The first kappa shape index (κ1) is 11.4. The third-order valence-corrected chi connectivity index (χ3v) is 3.39. The number of rotatable bonds is 3. The number of pyridine rings is 1. The zero-order valence-corrected chi connectivity index (χ0v) is 9.97. The molecule has 78 valence electrons. The van der Waals surface area contributed by atoms with Gasteiger partial charge in [0, 0.05) is 12.5 Å². The molecule has 0 saturated carbocycles. The van der Waals surface area contributed by atoms with Crippen molar-refractivity contribution in [2.45, 2.75) is 31.7 Å². The van der Waals surface area contributed by atoms with E-state index in [2.05, 4.69) is 25.8 Å². The van der Waals surface area contributed by atoms with Crippen molar-refractivity contribution in [1.29, 1.82) is 0 Å². The minimum atomic E-state index is -0.980. The number of nitrogens with zero attached hydrogens (tertiary/aromatic N) is 1. The fourth-order valence-electron chi connectivity index (χ4n) is 1.25. The summed E-state index contributed by atoms with van der Waals surface area (Å²) in [4.78, 5) is 4.08. The van der Waals surface area contributed by atoms with Gasteiger partial charge in [0.05, 0.1) is 10.8 Å². The summed E-state index contributed by atoms with van der Waals surface area (Å²) in [5, 5.41) is 0.676. The maximum Gasteiger partial charge on any atom is 0.127 e. The highest BCUT2D eigenvalue weighted by Gasteiger charge is 2.11. The molecule has 0 spiro atoms. The first-order valence-corrected chi connectivity index (χ1v) is 6.37. The van der Waals surface area contributed by atoms with E-state index in [0.717, 1.165) is 0 Å². The standard InChI is InChI=1S/C11H17NOS/c1-8(2)9(3)10-5-6-12-11(7-10)14(4)13/h5-9H,1-4H3. The highest BCUT2D eigenvalue weighted by molar-refractivity contribution is 7.84. The van der Waals surface area contributed by atoms with Gasteiger partial charge in [0.25, 0.3) is 0 Å². The smallest absolute Gasteiger partial charge is 0.127 e. The van der Waals surface area contributed by atoms with Crippen LogP contribution in [0.2, 0.25) is 0 Å². The highest BCUT2D eigenvalue weighted by Crippen LogP contribution is 2.23. The molecule has 2 nitrogen and oxygen atoms in total. The van der Waals surface area contributed by atoms with E-state index in [1.165, 1.54) is 5.56 Å². The quantitative estimate of drug-likeness (QED) is 0.769. The molecule has 2 atom stereocenters. The molecular formula is C11H17NOS. The summed E-state index contributed by atoms with van der Waals surface area (Å²) in [7, 11) is -0.980. The molecule has 0 radical (unpaired) electrons. The lowest BCUT2D eigenvalue weighted by Crippen LogP contribution is -2.03. The molecular weight excluding hydrogens is 194 g/mol. The monoisotopic (exact) mass is 211 g/mol. The fraction of sp³-hybridized carbons (Fsp3) is 0.545. The Morgan fingerprint density at radius 2 is 2.00 bits per heavy atom. The van der Waals surface area contributed by atoms with Crippen LogP contribution in [0.25, 0.3) is 0 Å². The van der Waals surface area contributed by atoms with Crippen LogP contribution in [-0.4, -0.2) is 15.4 Å². The fourth-order valence-corrected chi connectivity index (χ4v) is 1.76. The van der Waals surface area contributed by atoms with Crippen LogP contribution in [0.15, 0.2) is 23.4 Å². The molecule has 0 bridgehead atoms. The third-order valence-electron chi connectivity index (χ3n) is 2.58. The second-order valence-corrected chi connectivity index (χ2v) is 5.24. The Hall–Kier alpha value is -0.700. The van der Waals surface area contributed by atoms with Gasteiger partial charge in [0.15, 0.2) is 0 Å². The predicted molar refractivity (Wildman–Crippen MR) is 59.8 cm³/mol. The average molecular weight is 211 g/mol.